The monoisotopic (exact) mass is 264 g/mol. The van der Waals surface area contributed by atoms with Gasteiger partial charge in [0.05, 0.1) is 13.2 Å². The summed E-state index contributed by atoms with van der Waals surface area (Å²) in [6.45, 7) is 11.9. The van der Waals surface area contributed by atoms with Crippen LogP contribution in [0.1, 0.15) is 38.8 Å². The van der Waals surface area contributed by atoms with E-state index in [1.807, 2.05) is 12.1 Å². The van der Waals surface area contributed by atoms with Crippen molar-refractivity contribution in [3.63, 3.8) is 0 Å². The van der Waals surface area contributed by atoms with Crippen LogP contribution in [0.15, 0.2) is 24.3 Å². The third-order valence-corrected chi connectivity index (χ3v) is 3.32. The Morgan fingerprint density at radius 2 is 1.74 bits per heavy atom. The molecular weight excluding hydrogens is 236 g/mol. The number of hydrogen-bond donors (Lipinski definition) is 1. The maximum Gasteiger partial charge on any atom is 0.0717 e. The number of benzene rings is 1. The molecule has 3 nitrogen and oxygen atoms in total. The first kappa shape index (κ1) is 16.2. The van der Waals surface area contributed by atoms with Crippen LogP contribution in [0.4, 0.5) is 0 Å². The molecule has 1 aromatic rings. The summed E-state index contributed by atoms with van der Waals surface area (Å²) in [7, 11) is 0. The summed E-state index contributed by atoms with van der Waals surface area (Å²) >= 11 is 0. The third-order valence-electron chi connectivity index (χ3n) is 3.32. The topological polar surface area (TPSA) is 38.5 Å². The molecule has 19 heavy (non-hydrogen) atoms. The number of nitrogens with zero attached hydrogens (tertiary/aromatic N) is 1. The molecule has 0 aliphatic heterocycles. The minimum absolute atomic E-state index is 0.559. The van der Waals surface area contributed by atoms with Crippen molar-refractivity contribution in [1.82, 2.24) is 4.90 Å². The van der Waals surface area contributed by atoms with Crippen LogP contribution in [0.3, 0.4) is 0 Å². The van der Waals surface area contributed by atoms with E-state index >= 15 is 0 Å². The number of nitrogens with two attached hydrogens (primary N) is 1. The van der Waals surface area contributed by atoms with Gasteiger partial charge in [-0.1, -0.05) is 24.3 Å². The van der Waals surface area contributed by atoms with Gasteiger partial charge in [-0.05, 0) is 38.8 Å². The SMILES string of the molecule is CC(C)N(CCOCc1cccc(CN)c1)C(C)C. The second-order valence-corrected chi connectivity index (χ2v) is 5.50. The van der Waals surface area contributed by atoms with Gasteiger partial charge in [-0.2, -0.15) is 0 Å². The van der Waals surface area contributed by atoms with Crippen LogP contribution in [-0.4, -0.2) is 30.1 Å². The van der Waals surface area contributed by atoms with E-state index in [-0.39, 0.29) is 0 Å². The summed E-state index contributed by atoms with van der Waals surface area (Å²) in [6.07, 6.45) is 0. The van der Waals surface area contributed by atoms with Crippen LogP contribution in [-0.2, 0) is 17.9 Å². The van der Waals surface area contributed by atoms with E-state index < -0.39 is 0 Å². The summed E-state index contributed by atoms with van der Waals surface area (Å²) < 4.78 is 5.77. The molecule has 0 unspecified atom stereocenters. The summed E-state index contributed by atoms with van der Waals surface area (Å²) in [5.41, 5.74) is 7.99. The molecule has 1 aromatic carbocycles. The lowest BCUT2D eigenvalue weighted by Crippen LogP contribution is -2.39. The fourth-order valence-electron chi connectivity index (χ4n) is 2.32. The van der Waals surface area contributed by atoms with Gasteiger partial charge in [0, 0.05) is 25.2 Å². The zero-order valence-electron chi connectivity index (χ0n) is 12.7. The van der Waals surface area contributed by atoms with Crippen molar-refractivity contribution in [3.05, 3.63) is 35.4 Å². The lowest BCUT2D eigenvalue weighted by atomic mass is 10.1. The van der Waals surface area contributed by atoms with E-state index in [2.05, 4.69) is 44.7 Å². The zero-order chi connectivity index (χ0) is 14.3. The summed E-state index contributed by atoms with van der Waals surface area (Å²) in [6, 6.07) is 9.40. The molecule has 1 rings (SSSR count). The average molecular weight is 264 g/mol. The van der Waals surface area contributed by atoms with Crippen LogP contribution in [0.25, 0.3) is 0 Å². The first-order chi connectivity index (χ1) is 9.04. The standard InChI is InChI=1S/C16H28N2O/c1-13(2)18(14(3)4)8-9-19-12-16-7-5-6-15(10-16)11-17/h5-7,10,13-14H,8-9,11-12,17H2,1-4H3. The Labute approximate surface area is 117 Å². The molecule has 2 N–H and O–H groups in total. The first-order valence-electron chi connectivity index (χ1n) is 7.16. The highest BCUT2D eigenvalue weighted by molar-refractivity contribution is 5.22. The van der Waals surface area contributed by atoms with Gasteiger partial charge in [0.15, 0.2) is 0 Å². The van der Waals surface area contributed by atoms with Crippen molar-refractivity contribution in [3.8, 4) is 0 Å². The van der Waals surface area contributed by atoms with Crippen molar-refractivity contribution < 1.29 is 4.74 Å². The molecular formula is C16H28N2O. The molecule has 0 amide bonds. The lowest BCUT2D eigenvalue weighted by molar-refractivity contribution is 0.0699. The molecule has 0 atom stereocenters. The fourth-order valence-corrected chi connectivity index (χ4v) is 2.32. The molecule has 0 saturated carbocycles. The summed E-state index contributed by atoms with van der Waals surface area (Å²) in [4.78, 5) is 2.44. The predicted octanol–water partition coefficient (Wildman–Crippen LogP) is 2.78. The molecule has 0 heterocycles. The molecule has 0 aliphatic carbocycles. The molecule has 0 aromatic heterocycles. The Bertz CT molecular complexity index is 356. The van der Waals surface area contributed by atoms with Gasteiger partial charge in [0.25, 0.3) is 0 Å². The van der Waals surface area contributed by atoms with Crippen LogP contribution in [0, 0.1) is 0 Å². The lowest BCUT2D eigenvalue weighted by Gasteiger charge is -2.30. The maximum absolute atomic E-state index is 5.77. The minimum Gasteiger partial charge on any atom is -0.375 e. The molecule has 0 spiro atoms. The van der Waals surface area contributed by atoms with E-state index in [4.69, 9.17) is 10.5 Å². The average Bonchev–Trinajstić information content (AvgIpc) is 2.37. The first-order valence-corrected chi connectivity index (χ1v) is 7.16. The molecule has 3 heteroatoms. The Morgan fingerprint density at radius 3 is 2.32 bits per heavy atom. The van der Waals surface area contributed by atoms with E-state index in [1.54, 1.807) is 0 Å². The van der Waals surface area contributed by atoms with Crippen molar-refractivity contribution in [2.24, 2.45) is 5.73 Å². The Kier molecular flexibility index (Phi) is 7.06. The summed E-state index contributed by atoms with van der Waals surface area (Å²) in [5, 5.41) is 0. The largest absolute Gasteiger partial charge is 0.375 e. The highest BCUT2D eigenvalue weighted by Gasteiger charge is 2.12. The smallest absolute Gasteiger partial charge is 0.0717 e. The Balaban J connectivity index is 2.33. The van der Waals surface area contributed by atoms with Crippen LogP contribution in [0.2, 0.25) is 0 Å². The van der Waals surface area contributed by atoms with E-state index in [9.17, 15) is 0 Å². The molecule has 0 fully saturated rings. The Morgan fingerprint density at radius 1 is 1.11 bits per heavy atom. The van der Waals surface area contributed by atoms with E-state index in [1.165, 1.54) is 5.56 Å². The predicted molar refractivity (Wildman–Crippen MR) is 81.0 cm³/mol. The van der Waals surface area contributed by atoms with Gasteiger partial charge in [-0.25, -0.2) is 0 Å². The molecule has 0 bridgehead atoms. The Hall–Kier alpha value is -0.900. The number of rotatable bonds is 8. The number of hydrogen-bond acceptors (Lipinski definition) is 3. The van der Waals surface area contributed by atoms with Gasteiger partial charge < -0.3 is 10.5 Å². The highest BCUT2D eigenvalue weighted by Crippen LogP contribution is 2.07. The van der Waals surface area contributed by atoms with Crippen molar-refractivity contribution in [2.75, 3.05) is 13.2 Å². The van der Waals surface area contributed by atoms with Crippen LogP contribution in [0.5, 0.6) is 0 Å². The van der Waals surface area contributed by atoms with Gasteiger partial charge in [0.1, 0.15) is 0 Å². The molecule has 0 radical (unpaired) electrons. The van der Waals surface area contributed by atoms with Crippen LogP contribution >= 0.6 is 0 Å². The maximum atomic E-state index is 5.77. The van der Waals surface area contributed by atoms with Gasteiger partial charge in [-0.15, -0.1) is 0 Å². The van der Waals surface area contributed by atoms with Crippen molar-refractivity contribution in [2.45, 2.75) is 52.9 Å². The fraction of sp³-hybridized carbons (Fsp3) is 0.625. The second-order valence-electron chi connectivity index (χ2n) is 5.50. The van der Waals surface area contributed by atoms with E-state index in [0.29, 0.717) is 25.2 Å². The highest BCUT2D eigenvalue weighted by atomic mass is 16.5. The quantitative estimate of drug-likeness (QED) is 0.734. The van der Waals surface area contributed by atoms with Gasteiger partial charge in [-0.3, -0.25) is 4.90 Å². The number of ether oxygens (including phenoxy) is 1. The minimum atomic E-state index is 0.559. The van der Waals surface area contributed by atoms with Gasteiger partial charge in [0.2, 0.25) is 0 Å². The van der Waals surface area contributed by atoms with Crippen molar-refractivity contribution in [1.29, 1.82) is 0 Å². The molecule has 108 valence electrons. The molecule has 0 aliphatic rings. The normalized spacial score (nSPS) is 11.8. The van der Waals surface area contributed by atoms with E-state index in [0.717, 1.165) is 18.7 Å². The van der Waals surface area contributed by atoms with Crippen LogP contribution < -0.4 is 5.73 Å². The van der Waals surface area contributed by atoms with Gasteiger partial charge >= 0.3 is 0 Å². The zero-order valence-corrected chi connectivity index (χ0v) is 12.7. The van der Waals surface area contributed by atoms with Crippen molar-refractivity contribution >= 4 is 0 Å². The second kappa shape index (κ2) is 8.31. The summed E-state index contributed by atoms with van der Waals surface area (Å²) in [5.74, 6) is 0. The third kappa shape index (κ3) is 5.72. The molecule has 0 saturated heterocycles.